The summed E-state index contributed by atoms with van der Waals surface area (Å²) < 4.78 is 1.80. The van der Waals surface area contributed by atoms with Gasteiger partial charge in [0.2, 0.25) is 0 Å². The first-order chi connectivity index (χ1) is 9.95. The summed E-state index contributed by atoms with van der Waals surface area (Å²) >= 11 is 1.26. The molecule has 6 atom stereocenters. The molecule has 0 aromatic rings. The quantitative estimate of drug-likeness (QED) is 0.537. The molecule has 0 saturated heterocycles. The van der Waals surface area contributed by atoms with Gasteiger partial charge >= 0.3 is 0 Å². The maximum Gasteiger partial charge on any atom is 0.252 e. The molecular weight excluding hydrogens is 271 g/mol. The third kappa shape index (κ3) is 1.92. The molecule has 0 aromatic heterocycles. The minimum absolute atomic E-state index is 0.0730. The number of aliphatic hydroxyl groups is 1. The lowest BCUT2D eigenvalue weighted by Crippen LogP contribution is -2.50. The average Bonchev–Trinajstić information content (AvgIpc) is 2.76. The SMILES string of the molecule is C[C@]12CC[C@H](O)CC1=CCC1C2CC[C@]2(C)[C]([AlH2])=CCC12. The van der Waals surface area contributed by atoms with Gasteiger partial charge in [0.15, 0.2) is 0 Å². The third-order valence-electron chi connectivity index (χ3n) is 8.05. The normalized spacial score (nSPS) is 52.3. The molecule has 0 aromatic carbocycles. The molecule has 4 aliphatic rings. The number of hydrogen-bond acceptors (Lipinski definition) is 1. The molecule has 0 heterocycles. The molecule has 0 aliphatic heterocycles. The van der Waals surface area contributed by atoms with E-state index in [0.717, 1.165) is 30.6 Å². The Morgan fingerprint density at radius 1 is 1.05 bits per heavy atom. The highest BCUT2D eigenvalue weighted by atomic mass is 27.0. The molecule has 4 aliphatic carbocycles. The lowest BCUT2D eigenvalue weighted by atomic mass is 9.48. The van der Waals surface area contributed by atoms with Gasteiger partial charge in [0.05, 0.1) is 6.10 Å². The average molecular weight is 300 g/mol. The lowest BCUT2D eigenvalue weighted by Gasteiger charge is -2.57. The smallest absolute Gasteiger partial charge is 0.252 e. The molecule has 114 valence electrons. The summed E-state index contributed by atoms with van der Waals surface area (Å²) in [5.41, 5.74) is 2.55. The molecule has 0 spiro atoms. The van der Waals surface area contributed by atoms with Gasteiger partial charge in [-0.15, -0.1) is 10.5 Å². The summed E-state index contributed by atoms with van der Waals surface area (Å²) in [6, 6.07) is 0. The Balaban J connectivity index is 1.68. The van der Waals surface area contributed by atoms with Crippen LogP contribution in [-0.4, -0.2) is 27.5 Å². The van der Waals surface area contributed by atoms with Crippen molar-refractivity contribution in [1.29, 1.82) is 0 Å². The van der Waals surface area contributed by atoms with E-state index in [1.165, 1.54) is 48.4 Å². The second-order valence-corrected chi connectivity index (χ2v) is 9.81. The molecule has 3 unspecified atom stereocenters. The highest BCUT2D eigenvalue weighted by molar-refractivity contribution is 6.22. The van der Waals surface area contributed by atoms with E-state index in [-0.39, 0.29) is 6.10 Å². The molecule has 0 bridgehead atoms. The highest BCUT2D eigenvalue weighted by Gasteiger charge is 2.55. The first-order valence-electron chi connectivity index (χ1n) is 9.00. The molecule has 2 heteroatoms. The van der Waals surface area contributed by atoms with Crippen LogP contribution in [0.3, 0.4) is 0 Å². The van der Waals surface area contributed by atoms with E-state index in [2.05, 4.69) is 26.0 Å². The van der Waals surface area contributed by atoms with Crippen molar-refractivity contribution in [3.05, 3.63) is 22.2 Å². The fourth-order valence-corrected chi connectivity index (χ4v) is 7.28. The number of hydrogen-bond donors (Lipinski definition) is 1. The fraction of sp³-hybridized carbons (Fsp3) is 0.789. The van der Waals surface area contributed by atoms with Crippen LogP contribution in [0.2, 0.25) is 0 Å². The maximum atomic E-state index is 10.0. The monoisotopic (exact) mass is 300 g/mol. The summed E-state index contributed by atoms with van der Waals surface area (Å²) in [6.45, 7) is 5.08. The van der Waals surface area contributed by atoms with Crippen molar-refractivity contribution in [2.45, 2.75) is 64.9 Å². The molecule has 1 nitrogen and oxygen atoms in total. The van der Waals surface area contributed by atoms with E-state index in [0.29, 0.717) is 10.8 Å². The lowest BCUT2D eigenvalue weighted by molar-refractivity contribution is -0.0275. The van der Waals surface area contributed by atoms with E-state index in [1.807, 2.05) is 0 Å². The first-order valence-corrected chi connectivity index (χ1v) is 10.00. The summed E-state index contributed by atoms with van der Waals surface area (Å²) in [5, 5.41) is 10.0. The van der Waals surface area contributed by atoms with Crippen molar-refractivity contribution >= 4 is 16.3 Å². The van der Waals surface area contributed by atoms with Gasteiger partial charge in [-0.05, 0) is 73.5 Å². The van der Waals surface area contributed by atoms with Gasteiger partial charge in [-0.1, -0.05) is 25.5 Å². The van der Waals surface area contributed by atoms with Gasteiger partial charge in [-0.2, -0.15) is 0 Å². The number of rotatable bonds is 0. The Kier molecular flexibility index (Phi) is 3.28. The Hall–Kier alpha value is -0.0275. The second kappa shape index (κ2) is 4.73. The molecule has 0 radical (unpaired) electrons. The second-order valence-electron chi connectivity index (χ2n) is 8.73. The maximum absolute atomic E-state index is 10.0. The predicted molar refractivity (Wildman–Crippen MR) is 89.7 cm³/mol. The zero-order valence-electron chi connectivity index (χ0n) is 13.9. The standard InChI is InChI=1S/C19H27O.Al.2H/c1-18-9-3-4-16(18)15-6-5-13-12-14(20)7-11-19(13,2)17(15)8-10-18;;;/h3,5,14-17,20H,4,6-8,10-12H2,1-2H3;;;/t14-,15?,16?,17?,18-,19-;;;/m0.../s1. The number of fused-ring (bicyclic) bond motifs is 5. The van der Waals surface area contributed by atoms with Crippen LogP contribution in [-0.2, 0) is 0 Å². The van der Waals surface area contributed by atoms with E-state index in [1.54, 1.807) is 10.0 Å². The highest BCUT2D eigenvalue weighted by Crippen LogP contribution is 2.64. The van der Waals surface area contributed by atoms with Crippen molar-refractivity contribution in [1.82, 2.24) is 0 Å². The van der Waals surface area contributed by atoms with Gasteiger partial charge in [0.25, 0.3) is 16.3 Å². The largest absolute Gasteiger partial charge is 0.393 e. The number of aliphatic hydroxyl groups excluding tert-OH is 1. The Morgan fingerprint density at radius 3 is 2.62 bits per heavy atom. The first kappa shape index (κ1) is 14.6. The van der Waals surface area contributed by atoms with E-state index in [9.17, 15) is 5.11 Å². The summed E-state index contributed by atoms with van der Waals surface area (Å²) in [6.07, 6.45) is 13.7. The number of allylic oxidation sites excluding steroid dienone is 3. The van der Waals surface area contributed by atoms with Gasteiger partial charge in [0, 0.05) is 0 Å². The van der Waals surface area contributed by atoms with Gasteiger partial charge in [-0.3, -0.25) is 0 Å². The van der Waals surface area contributed by atoms with Crippen LogP contribution < -0.4 is 0 Å². The zero-order valence-corrected chi connectivity index (χ0v) is 15.9. The molecular formula is C19H29AlO. The van der Waals surface area contributed by atoms with Crippen molar-refractivity contribution in [3.8, 4) is 0 Å². The van der Waals surface area contributed by atoms with Crippen LogP contribution in [0.4, 0.5) is 0 Å². The van der Waals surface area contributed by atoms with Crippen molar-refractivity contribution in [2.75, 3.05) is 0 Å². The summed E-state index contributed by atoms with van der Waals surface area (Å²) in [7, 11) is 0. The predicted octanol–water partition coefficient (Wildman–Crippen LogP) is 3.44. The van der Waals surface area contributed by atoms with Crippen molar-refractivity contribution in [2.24, 2.45) is 28.6 Å². The van der Waals surface area contributed by atoms with Crippen LogP contribution in [0.5, 0.6) is 0 Å². The van der Waals surface area contributed by atoms with Gasteiger partial charge in [-0.25, -0.2) is 0 Å². The van der Waals surface area contributed by atoms with Gasteiger partial charge in [0.1, 0.15) is 0 Å². The van der Waals surface area contributed by atoms with E-state index < -0.39 is 0 Å². The van der Waals surface area contributed by atoms with E-state index >= 15 is 0 Å². The minimum atomic E-state index is -0.0730. The summed E-state index contributed by atoms with van der Waals surface area (Å²) in [4.78, 5) is 0. The fourth-order valence-electron chi connectivity index (χ4n) is 6.42. The van der Waals surface area contributed by atoms with E-state index in [4.69, 9.17) is 0 Å². The molecule has 0 amide bonds. The molecule has 1 N–H and O–H groups in total. The van der Waals surface area contributed by atoms with Gasteiger partial charge < -0.3 is 5.11 Å². The Morgan fingerprint density at radius 2 is 1.81 bits per heavy atom. The minimum Gasteiger partial charge on any atom is -0.393 e. The van der Waals surface area contributed by atoms with Crippen molar-refractivity contribution < 1.29 is 5.11 Å². The molecule has 21 heavy (non-hydrogen) atoms. The van der Waals surface area contributed by atoms with Crippen LogP contribution in [0, 0.1) is 28.6 Å². The topological polar surface area (TPSA) is 20.2 Å². The van der Waals surface area contributed by atoms with Crippen LogP contribution in [0.15, 0.2) is 22.2 Å². The Bertz CT molecular complexity index is 522. The third-order valence-corrected chi connectivity index (χ3v) is 9.60. The summed E-state index contributed by atoms with van der Waals surface area (Å²) in [5.74, 6) is 2.68. The van der Waals surface area contributed by atoms with Crippen LogP contribution in [0.25, 0.3) is 0 Å². The molecule has 2 fully saturated rings. The molecule has 4 rings (SSSR count). The molecule has 2 saturated carbocycles. The Labute approximate surface area is 137 Å². The van der Waals surface area contributed by atoms with Crippen LogP contribution in [0.1, 0.15) is 58.8 Å². The zero-order chi connectivity index (χ0) is 14.8. The van der Waals surface area contributed by atoms with Crippen LogP contribution >= 0.6 is 0 Å². The van der Waals surface area contributed by atoms with Crippen molar-refractivity contribution in [3.63, 3.8) is 0 Å².